The van der Waals surface area contributed by atoms with Gasteiger partial charge >= 0.3 is 0 Å². The lowest BCUT2D eigenvalue weighted by Gasteiger charge is -2.05. The van der Waals surface area contributed by atoms with Crippen molar-refractivity contribution < 1.29 is 0 Å². The smallest absolute Gasteiger partial charge is 0.0136 e. The molecule has 2 heteroatoms. The fourth-order valence-electron chi connectivity index (χ4n) is 0.543. The molecule has 0 saturated carbocycles. The summed E-state index contributed by atoms with van der Waals surface area (Å²) >= 11 is 2.36. The van der Waals surface area contributed by atoms with E-state index in [4.69, 9.17) is 0 Å². The van der Waals surface area contributed by atoms with Crippen LogP contribution < -0.4 is 5.32 Å². The van der Waals surface area contributed by atoms with Crippen LogP contribution in [-0.2, 0) is 0 Å². The number of hydrogen-bond donors (Lipinski definition) is 1. The van der Waals surface area contributed by atoms with E-state index in [1.807, 2.05) is 0 Å². The van der Waals surface area contributed by atoms with Gasteiger partial charge in [0, 0.05) is 9.62 Å². The molecule has 0 aliphatic rings. The second-order valence-corrected chi connectivity index (χ2v) is 4.06. The van der Waals surface area contributed by atoms with Crippen molar-refractivity contribution in [3.8, 4) is 0 Å². The Hall–Kier alpha value is 0.01000. The largest absolute Gasteiger partial charge is 0.366 e. The predicted octanol–water partition coefficient (Wildman–Crippen LogP) is 2.45. The van der Waals surface area contributed by atoms with Gasteiger partial charge in [0.25, 0.3) is 0 Å². The van der Waals surface area contributed by atoms with E-state index in [9.17, 15) is 0 Å². The molecule has 0 radical (unpaired) electrons. The highest BCUT2D eigenvalue weighted by atomic mass is 127. The van der Waals surface area contributed by atoms with Gasteiger partial charge in [-0.25, -0.2) is 0 Å². The van der Waals surface area contributed by atoms with Crippen LogP contribution in [0, 0.1) is 0 Å². The molecule has 0 aromatic carbocycles. The molecule has 0 bridgehead atoms. The van der Waals surface area contributed by atoms with Gasteiger partial charge in [-0.3, -0.25) is 0 Å². The van der Waals surface area contributed by atoms with Crippen molar-refractivity contribution in [2.45, 2.75) is 17.3 Å². The number of alkyl halides is 1. The van der Waals surface area contributed by atoms with Gasteiger partial charge in [0.05, 0.1) is 0 Å². The van der Waals surface area contributed by atoms with Gasteiger partial charge in [0.15, 0.2) is 0 Å². The van der Waals surface area contributed by atoms with Gasteiger partial charge < -0.3 is 5.32 Å². The third kappa shape index (κ3) is 5.89. The van der Waals surface area contributed by atoms with Gasteiger partial charge in [-0.2, -0.15) is 0 Å². The molecule has 0 fully saturated rings. The average molecular weight is 237 g/mol. The van der Waals surface area contributed by atoms with E-state index in [0.717, 1.165) is 12.1 Å². The highest BCUT2D eigenvalue weighted by Gasteiger charge is 1.95. The summed E-state index contributed by atoms with van der Waals surface area (Å²) in [6.45, 7) is 9.48. The zero-order valence-electron chi connectivity index (χ0n) is 5.65. The van der Waals surface area contributed by atoms with Crippen molar-refractivity contribution in [1.82, 2.24) is 5.32 Å². The molecule has 0 aromatic heterocycles. The van der Waals surface area contributed by atoms with Crippen LogP contribution >= 0.6 is 22.6 Å². The summed E-state index contributed by atoms with van der Waals surface area (Å²) < 4.78 is 0.641. The van der Waals surface area contributed by atoms with E-state index >= 15 is 0 Å². The highest BCUT2D eigenvalue weighted by molar-refractivity contribution is 14.1. The zero-order valence-corrected chi connectivity index (χ0v) is 7.81. The van der Waals surface area contributed by atoms with Crippen LogP contribution in [-0.4, -0.2) is 3.92 Å². The van der Waals surface area contributed by atoms with E-state index in [-0.39, 0.29) is 0 Å². The first-order valence-electron chi connectivity index (χ1n) is 2.86. The first-order valence-corrected chi connectivity index (χ1v) is 4.10. The number of rotatable bonds is 4. The molecule has 0 aliphatic heterocycles. The third-order valence-corrected chi connectivity index (χ3v) is 1.27. The summed E-state index contributed by atoms with van der Waals surface area (Å²) in [6, 6.07) is 0. The fourth-order valence-corrected chi connectivity index (χ4v) is 1.07. The fraction of sp³-hybridized carbons (Fsp3) is 0.429. The third-order valence-electron chi connectivity index (χ3n) is 0.834. The molecule has 0 heterocycles. The maximum absolute atomic E-state index is 3.80. The standard InChI is InChI=1S/C7H12IN/c1-4-9-7(3)5-6(2)8/h4,6,9H,1,3,5H2,2H3. The van der Waals surface area contributed by atoms with E-state index in [2.05, 4.69) is 48.0 Å². The van der Waals surface area contributed by atoms with Crippen molar-refractivity contribution in [2.75, 3.05) is 0 Å². The number of hydrogen-bond acceptors (Lipinski definition) is 1. The molecule has 0 saturated heterocycles. The van der Waals surface area contributed by atoms with Crippen LogP contribution in [0.15, 0.2) is 25.1 Å². The Kier molecular flexibility index (Phi) is 4.85. The molecule has 52 valence electrons. The van der Waals surface area contributed by atoms with Gasteiger partial charge in [0.1, 0.15) is 0 Å². The Morgan fingerprint density at radius 1 is 1.89 bits per heavy atom. The number of nitrogens with one attached hydrogen (secondary N) is 1. The van der Waals surface area contributed by atoms with Gasteiger partial charge in [-0.1, -0.05) is 42.7 Å². The van der Waals surface area contributed by atoms with Crippen LogP contribution in [0.4, 0.5) is 0 Å². The van der Waals surface area contributed by atoms with Crippen molar-refractivity contribution in [3.05, 3.63) is 25.1 Å². The van der Waals surface area contributed by atoms with Gasteiger partial charge in [0.2, 0.25) is 0 Å². The monoisotopic (exact) mass is 237 g/mol. The second kappa shape index (κ2) is 4.85. The van der Waals surface area contributed by atoms with E-state index in [1.165, 1.54) is 0 Å². The summed E-state index contributed by atoms with van der Waals surface area (Å²) in [5.74, 6) is 0. The SMILES string of the molecule is C=CNC(=C)CC(C)I. The molecule has 1 atom stereocenters. The first kappa shape index (κ1) is 9.01. The molecule has 1 nitrogen and oxygen atoms in total. The lowest BCUT2D eigenvalue weighted by atomic mass is 10.3. The molecule has 0 aromatic rings. The van der Waals surface area contributed by atoms with Crippen LogP contribution in [0.2, 0.25) is 0 Å². The van der Waals surface area contributed by atoms with Crippen molar-refractivity contribution in [3.63, 3.8) is 0 Å². The molecular weight excluding hydrogens is 225 g/mol. The molecular formula is C7H12IN. The molecule has 0 amide bonds. The van der Waals surface area contributed by atoms with Gasteiger partial charge in [-0.15, -0.1) is 0 Å². The van der Waals surface area contributed by atoms with Crippen molar-refractivity contribution in [2.24, 2.45) is 0 Å². The Morgan fingerprint density at radius 2 is 2.44 bits per heavy atom. The Balaban J connectivity index is 3.38. The Bertz CT molecular complexity index is 107. The van der Waals surface area contributed by atoms with Crippen LogP contribution in [0.3, 0.4) is 0 Å². The summed E-state index contributed by atoms with van der Waals surface area (Å²) in [6.07, 6.45) is 2.66. The van der Waals surface area contributed by atoms with E-state index in [0.29, 0.717) is 3.92 Å². The summed E-state index contributed by atoms with van der Waals surface area (Å²) in [7, 11) is 0. The maximum atomic E-state index is 3.80. The summed E-state index contributed by atoms with van der Waals surface area (Å²) in [5.41, 5.74) is 1.03. The minimum absolute atomic E-state index is 0.641. The average Bonchev–Trinajstić information content (AvgIpc) is 1.63. The molecule has 0 aliphatic carbocycles. The normalized spacial score (nSPS) is 12.2. The van der Waals surface area contributed by atoms with Gasteiger partial charge in [-0.05, 0) is 12.6 Å². The molecule has 0 rings (SSSR count). The number of halogens is 1. The highest BCUT2D eigenvalue weighted by Crippen LogP contribution is 2.08. The van der Waals surface area contributed by atoms with Crippen LogP contribution in [0.5, 0.6) is 0 Å². The molecule has 1 unspecified atom stereocenters. The van der Waals surface area contributed by atoms with Crippen LogP contribution in [0.1, 0.15) is 13.3 Å². The van der Waals surface area contributed by atoms with E-state index < -0.39 is 0 Å². The zero-order chi connectivity index (χ0) is 7.28. The summed E-state index contributed by atoms with van der Waals surface area (Å²) in [4.78, 5) is 0. The maximum Gasteiger partial charge on any atom is 0.0136 e. The molecule has 0 spiro atoms. The minimum atomic E-state index is 0.641. The number of allylic oxidation sites excluding steroid dienone is 1. The van der Waals surface area contributed by atoms with E-state index in [1.54, 1.807) is 6.20 Å². The summed E-state index contributed by atoms with van der Waals surface area (Å²) in [5, 5.41) is 2.94. The second-order valence-electron chi connectivity index (χ2n) is 1.94. The topological polar surface area (TPSA) is 12.0 Å². The molecule has 1 N–H and O–H groups in total. The Labute approximate surface area is 70.4 Å². The lowest BCUT2D eigenvalue weighted by Crippen LogP contribution is -2.05. The molecule has 9 heavy (non-hydrogen) atoms. The predicted molar refractivity (Wildman–Crippen MR) is 50.6 cm³/mol. The minimum Gasteiger partial charge on any atom is -0.366 e. The first-order chi connectivity index (χ1) is 4.16. The quantitative estimate of drug-likeness (QED) is 0.585. The van der Waals surface area contributed by atoms with Crippen LogP contribution in [0.25, 0.3) is 0 Å². The van der Waals surface area contributed by atoms with Crippen molar-refractivity contribution >= 4 is 22.6 Å². The van der Waals surface area contributed by atoms with Crippen molar-refractivity contribution in [1.29, 1.82) is 0 Å². The Morgan fingerprint density at radius 3 is 2.78 bits per heavy atom. The lowest BCUT2D eigenvalue weighted by molar-refractivity contribution is 0.880.